The van der Waals surface area contributed by atoms with Gasteiger partial charge < -0.3 is 20.7 Å². The van der Waals surface area contributed by atoms with E-state index in [0.717, 1.165) is 6.07 Å². The van der Waals surface area contributed by atoms with Crippen LogP contribution in [0, 0.1) is 10.1 Å². The van der Waals surface area contributed by atoms with Gasteiger partial charge in [0.1, 0.15) is 11.4 Å². The largest absolute Gasteiger partial charge is 0.497 e. The number of hydrogen-bond donors (Lipinski definition) is 2. The van der Waals surface area contributed by atoms with E-state index < -0.39 is 10.8 Å². The normalized spacial score (nSPS) is 10.1. The molecule has 0 heterocycles. The van der Waals surface area contributed by atoms with Crippen LogP contribution in [0.1, 0.15) is 10.4 Å². The summed E-state index contributed by atoms with van der Waals surface area (Å²) in [6.45, 7) is -0.122. The second-order valence-electron chi connectivity index (χ2n) is 5.46. The number of rotatable bonds is 7. The molecule has 0 spiro atoms. The smallest absolute Gasteiger partial charge is 0.293 e. The Kier molecular flexibility index (Phi) is 5.74. The van der Waals surface area contributed by atoms with Gasteiger partial charge in [0.15, 0.2) is 0 Å². The van der Waals surface area contributed by atoms with Gasteiger partial charge in [0.2, 0.25) is 11.8 Å². The number of nitrogens with one attached hydrogen (secondary N) is 1. The maximum Gasteiger partial charge on any atom is 0.293 e. The zero-order chi connectivity index (χ0) is 19.3. The Hall–Kier alpha value is -3.62. The Morgan fingerprint density at radius 3 is 2.42 bits per heavy atom. The number of ether oxygens (including phenoxy) is 1. The van der Waals surface area contributed by atoms with Gasteiger partial charge in [-0.05, 0) is 36.4 Å². The number of primary amides is 1. The van der Waals surface area contributed by atoms with Crippen LogP contribution >= 0.6 is 0 Å². The molecule has 0 saturated heterocycles. The number of carbonyl (C=O) groups excluding carboxylic acids is 2. The first-order valence-corrected chi connectivity index (χ1v) is 7.55. The first kappa shape index (κ1) is 18.7. The molecule has 2 aromatic rings. The van der Waals surface area contributed by atoms with Gasteiger partial charge in [0, 0.05) is 24.4 Å². The first-order valence-electron chi connectivity index (χ1n) is 7.55. The topological polar surface area (TPSA) is 128 Å². The average Bonchev–Trinajstić information content (AvgIpc) is 2.61. The number of nitrogens with zero attached hydrogens (tertiary/aromatic N) is 2. The molecular formula is C17H18N4O5. The van der Waals surface area contributed by atoms with E-state index in [1.165, 1.54) is 17.0 Å². The van der Waals surface area contributed by atoms with Crippen LogP contribution in [0.15, 0.2) is 42.5 Å². The molecule has 0 aliphatic rings. The molecule has 0 saturated carbocycles. The van der Waals surface area contributed by atoms with Crippen LogP contribution in [0.4, 0.5) is 17.1 Å². The molecular weight excluding hydrogens is 340 g/mol. The Labute approximate surface area is 149 Å². The summed E-state index contributed by atoms with van der Waals surface area (Å²) in [6.07, 6.45) is 0. The summed E-state index contributed by atoms with van der Waals surface area (Å²) in [5.74, 6) is -0.462. The fourth-order valence-corrected chi connectivity index (χ4v) is 2.32. The molecule has 0 unspecified atom stereocenters. The Morgan fingerprint density at radius 2 is 1.88 bits per heavy atom. The van der Waals surface area contributed by atoms with Crippen molar-refractivity contribution in [2.45, 2.75) is 0 Å². The predicted molar refractivity (Wildman–Crippen MR) is 96.5 cm³/mol. The third kappa shape index (κ3) is 4.47. The van der Waals surface area contributed by atoms with Crippen LogP contribution in [0.25, 0.3) is 0 Å². The number of carbonyl (C=O) groups is 2. The minimum absolute atomic E-state index is 0.0246. The number of nitrogens with two attached hydrogens (primary N) is 1. The van der Waals surface area contributed by atoms with Crippen molar-refractivity contribution < 1.29 is 19.2 Å². The molecule has 26 heavy (non-hydrogen) atoms. The highest BCUT2D eigenvalue weighted by molar-refractivity contribution is 5.96. The maximum atomic E-state index is 12.2. The lowest BCUT2D eigenvalue weighted by Gasteiger charge is -2.19. The van der Waals surface area contributed by atoms with Gasteiger partial charge in [-0.3, -0.25) is 19.7 Å². The number of nitro benzene ring substituents is 1. The van der Waals surface area contributed by atoms with Crippen LogP contribution in [0.3, 0.4) is 0 Å². The fourth-order valence-electron chi connectivity index (χ4n) is 2.32. The zero-order valence-corrected chi connectivity index (χ0v) is 14.3. The average molecular weight is 358 g/mol. The predicted octanol–water partition coefficient (Wildman–Crippen LogP) is 1.78. The lowest BCUT2D eigenvalue weighted by Crippen LogP contribution is -2.30. The Morgan fingerprint density at radius 1 is 1.23 bits per heavy atom. The highest BCUT2D eigenvalue weighted by atomic mass is 16.6. The van der Waals surface area contributed by atoms with Crippen molar-refractivity contribution in [1.82, 2.24) is 0 Å². The summed E-state index contributed by atoms with van der Waals surface area (Å²) in [5.41, 5.74) is 5.64. The maximum absolute atomic E-state index is 12.2. The van der Waals surface area contributed by atoms with E-state index >= 15 is 0 Å². The van der Waals surface area contributed by atoms with Gasteiger partial charge in [-0.2, -0.15) is 0 Å². The molecule has 0 aromatic heterocycles. The van der Waals surface area contributed by atoms with Gasteiger partial charge in [-0.15, -0.1) is 0 Å². The minimum Gasteiger partial charge on any atom is -0.497 e. The molecule has 0 fully saturated rings. The van der Waals surface area contributed by atoms with Crippen LogP contribution in [-0.4, -0.2) is 37.4 Å². The number of hydrogen-bond acceptors (Lipinski definition) is 6. The second kappa shape index (κ2) is 7.97. The lowest BCUT2D eigenvalue weighted by molar-refractivity contribution is -0.384. The molecule has 2 rings (SSSR count). The van der Waals surface area contributed by atoms with E-state index in [1.807, 2.05) is 0 Å². The number of amides is 2. The molecule has 0 aliphatic carbocycles. The van der Waals surface area contributed by atoms with E-state index in [2.05, 4.69) is 5.32 Å². The van der Waals surface area contributed by atoms with E-state index in [1.54, 1.807) is 38.4 Å². The Balaban J connectivity index is 2.12. The van der Waals surface area contributed by atoms with E-state index in [0.29, 0.717) is 11.4 Å². The van der Waals surface area contributed by atoms with Crippen molar-refractivity contribution in [3.05, 3.63) is 58.1 Å². The third-order valence-corrected chi connectivity index (χ3v) is 3.62. The van der Waals surface area contributed by atoms with Crippen molar-refractivity contribution >= 4 is 28.9 Å². The van der Waals surface area contributed by atoms with Crippen LogP contribution < -0.4 is 20.7 Å². The molecule has 2 aromatic carbocycles. The fraction of sp³-hybridized carbons (Fsp3) is 0.176. The van der Waals surface area contributed by atoms with Crippen molar-refractivity contribution in [3.8, 4) is 5.75 Å². The van der Waals surface area contributed by atoms with E-state index in [4.69, 9.17) is 10.5 Å². The van der Waals surface area contributed by atoms with Gasteiger partial charge >= 0.3 is 0 Å². The standard InChI is InChI=1S/C17H18N4O5/c1-20(10-16(22)19-12-4-6-13(26-2)7-5-12)14-8-3-11(17(18)23)9-15(14)21(24)25/h3-9H,10H2,1-2H3,(H2,18,23)(H,19,22). The number of nitro groups is 1. The van der Waals surface area contributed by atoms with Crippen LogP contribution in [0.2, 0.25) is 0 Å². The summed E-state index contributed by atoms with van der Waals surface area (Å²) in [7, 11) is 3.08. The molecule has 0 bridgehead atoms. The molecule has 0 atom stereocenters. The summed E-state index contributed by atoms with van der Waals surface area (Å²) in [6, 6.07) is 10.6. The number of benzene rings is 2. The van der Waals surface area contributed by atoms with Crippen LogP contribution in [-0.2, 0) is 4.79 Å². The summed E-state index contributed by atoms with van der Waals surface area (Å²) in [4.78, 5) is 35.4. The van der Waals surface area contributed by atoms with Gasteiger partial charge in [-0.1, -0.05) is 0 Å². The third-order valence-electron chi connectivity index (χ3n) is 3.62. The zero-order valence-electron chi connectivity index (χ0n) is 14.3. The molecule has 136 valence electrons. The van der Waals surface area contributed by atoms with Crippen molar-refractivity contribution in [2.75, 3.05) is 30.9 Å². The molecule has 2 amide bonds. The number of methoxy groups -OCH3 is 1. The van der Waals surface area contributed by atoms with Crippen molar-refractivity contribution in [1.29, 1.82) is 0 Å². The molecule has 0 aliphatic heterocycles. The molecule has 3 N–H and O–H groups in total. The molecule has 9 nitrogen and oxygen atoms in total. The minimum atomic E-state index is -0.764. The summed E-state index contributed by atoms with van der Waals surface area (Å²) >= 11 is 0. The number of likely N-dealkylation sites (N-methyl/N-ethyl adjacent to an activating group) is 1. The second-order valence-corrected chi connectivity index (χ2v) is 5.46. The van der Waals surface area contributed by atoms with Crippen molar-refractivity contribution in [3.63, 3.8) is 0 Å². The van der Waals surface area contributed by atoms with Gasteiger partial charge in [0.25, 0.3) is 5.69 Å². The van der Waals surface area contributed by atoms with Gasteiger partial charge in [-0.25, -0.2) is 0 Å². The first-order chi connectivity index (χ1) is 12.3. The molecule has 0 radical (unpaired) electrons. The highest BCUT2D eigenvalue weighted by Gasteiger charge is 2.20. The van der Waals surface area contributed by atoms with Crippen molar-refractivity contribution in [2.24, 2.45) is 5.73 Å². The summed E-state index contributed by atoms with van der Waals surface area (Å²) in [5, 5.41) is 13.9. The summed E-state index contributed by atoms with van der Waals surface area (Å²) < 4.78 is 5.04. The van der Waals surface area contributed by atoms with Gasteiger partial charge in [0.05, 0.1) is 18.6 Å². The SMILES string of the molecule is COc1ccc(NC(=O)CN(C)c2ccc(C(N)=O)cc2[N+](=O)[O-])cc1. The number of anilines is 2. The van der Waals surface area contributed by atoms with Crippen LogP contribution in [0.5, 0.6) is 5.75 Å². The van der Waals surface area contributed by atoms with E-state index in [-0.39, 0.29) is 29.4 Å². The quantitative estimate of drug-likeness (QED) is 0.573. The molecule has 9 heteroatoms. The monoisotopic (exact) mass is 358 g/mol. The Bertz CT molecular complexity index is 836. The highest BCUT2D eigenvalue weighted by Crippen LogP contribution is 2.28. The van der Waals surface area contributed by atoms with E-state index in [9.17, 15) is 19.7 Å². The lowest BCUT2D eigenvalue weighted by atomic mass is 10.1.